The SMILES string of the molecule is CN=C(NCCc1nc(C(F)(F)F)cs1)NCC(C)N1CCCCC1C.I. The summed E-state index contributed by atoms with van der Waals surface area (Å²) in [6.45, 7) is 6.86. The summed E-state index contributed by atoms with van der Waals surface area (Å²) in [7, 11) is 1.69. The van der Waals surface area contributed by atoms with Crippen LogP contribution in [0.4, 0.5) is 13.2 Å². The van der Waals surface area contributed by atoms with Crippen molar-refractivity contribution < 1.29 is 13.2 Å². The largest absolute Gasteiger partial charge is 0.434 e. The molecule has 156 valence electrons. The molecule has 2 N–H and O–H groups in total. The second kappa shape index (κ2) is 11.4. The first kappa shape index (κ1) is 24.4. The number of piperidine rings is 1. The van der Waals surface area contributed by atoms with Gasteiger partial charge in [0.25, 0.3) is 0 Å². The molecule has 2 atom stereocenters. The molecule has 0 amide bonds. The zero-order valence-corrected chi connectivity index (χ0v) is 19.1. The molecule has 0 spiro atoms. The van der Waals surface area contributed by atoms with E-state index in [9.17, 15) is 13.2 Å². The van der Waals surface area contributed by atoms with Crippen LogP contribution >= 0.6 is 35.3 Å². The highest BCUT2D eigenvalue weighted by Gasteiger charge is 2.33. The van der Waals surface area contributed by atoms with Gasteiger partial charge in [0.1, 0.15) is 0 Å². The van der Waals surface area contributed by atoms with E-state index in [1.54, 1.807) is 7.05 Å². The van der Waals surface area contributed by atoms with Crippen LogP contribution in [0.15, 0.2) is 10.4 Å². The molecule has 0 aliphatic carbocycles. The molecule has 0 aromatic carbocycles. The number of halogens is 4. The van der Waals surface area contributed by atoms with Crippen LogP contribution in [0.3, 0.4) is 0 Å². The van der Waals surface area contributed by atoms with Crippen molar-refractivity contribution in [1.29, 1.82) is 0 Å². The van der Waals surface area contributed by atoms with Gasteiger partial charge in [-0.15, -0.1) is 35.3 Å². The molecular formula is C17H29F3IN5S. The maximum absolute atomic E-state index is 12.6. The number of hydrogen-bond donors (Lipinski definition) is 2. The summed E-state index contributed by atoms with van der Waals surface area (Å²) in [6.07, 6.45) is -0.157. The first-order chi connectivity index (χ1) is 12.3. The summed E-state index contributed by atoms with van der Waals surface area (Å²) in [6, 6.07) is 1.00. The van der Waals surface area contributed by atoms with Crippen molar-refractivity contribution in [3.05, 3.63) is 16.1 Å². The third-order valence-corrected chi connectivity index (χ3v) is 5.59. The molecule has 0 radical (unpaired) electrons. The lowest BCUT2D eigenvalue weighted by Gasteiger charge is -2.38. The Bertz CT molecular complexity index is 593. The van der Waals surface area contributed by atoms with Gasteiger partial charge < -0.3 is 10.6 Å². The Kier molecular flexibility index (Phi) is 10.3. The molecule has 2 unspecified atom stereocenters. The highest BCUT2D eigenvalue weighted by molar-refractivity contribution is 14.0. The van der Waals surface area contributed by atoms with Crippen LogP contribution in [0.2, 0.25) is 0 Å². The van der Waals surface area contributed by atoms with Crippen LogP contribution in [0.1, 0.15) is 43.8 Å². The van der Waals surface area contributed by atoms with Crippen molar-refractivity contribution in [3.8, 4) is 0 Å². The lowest BCUT2D eigenvalue weighted by atomic mass is 10.0. The second-order valence-corrected chi connectivity index (χ2v) is 7.63. The van der Waals surface area contributed by atoms with Crippen molar-refractivity contribution in [3.63, 3.8) is 0 Å². The summed E-state index contributed by atoms with van der Waals surface area (Å²) in [4.78, 5) is 10.3. The monoisotopic (exact) mass is 519 g/mol. The minimum absolute atomic E-state index is 0. The van der Waals surface area contributed by atoms with Gasteiger partial charge in [-0.25, -0.2) is 4.98 Å². The van der Waals surface area contributed by atoms with Crippen molar-refractivity contribution in [2.45, 2.75) is 57.8 Å². The van der Waals surface area contributed by atoms with E-state index < -0.39 is 11.9 Å². The van der Waals surface area contributed by atoms with E-state index in [0.29, 0.717) is 36.0 Å². The third-order valence-electron chi connectivity index (χ3n) is 4.68. The zero-order valence-electron chi connectivity index (χ0n) is 16.0. The molecular weight excluding hydrogens is 490 g/mol. The van der Waals surface area contributed by atoms with Gasteiger partial charge in [0, 0.05) is 44.0 Å². The van der Waals surface area contributed by atoms with Gasteiger partial charge in [0.15, 0.2) is 11.7 Å². The minimum atomic E-state index is -4.37. The average Bonchev–Trinajstić information content (AvgIpc) is 3.07. The Balaban J connectivity index is 0.00000364. The second-order valence-electron chi connectivity index (χ2n) is 6.69. The Labute approximate surface area is 180 Å². The van der Waals surface area contributed by atoms with E-state index in [2.05, 4.69) is 39.4 Å². The van der Waals surface area contributed by atoms with Crippen LogP contribution in [0.5, 0.6) is 0 Å². The Hall–Kier alpha value is -0.620. The first-order valence-electron chi connectivity index (χ1n) is 9.03. The molecule has 1 saturated heterocycles. The van der Waals surface area contributed by atoms with Crippen molar-refractivity contribution in [2.75, 3.05) is 26.7 Å². The van der Waals surface area contributed by atoms with Crippen LogP contribution in [-0.4, -0.2) is 54.6 Å². The molecule has 27 heavy (non-hydrogen) atoms. The van der Waals surface area contributed by atoms with E-state index in [0.717, 1.165) is 29.8 Å². The number of thiazole rings is 1. The molecule has 1 aromatic rings. The number of likely N-dealkylation sites (tertiary alicyclic amines) is 1. The fourth-order valence-corrected chi connectivity index (χ4v) is 4.01. The fraction of sp³-hybridized carbons (Fsp3) is 0.765. The van der Waals surface area contributed by atoms with Gasteiger partial charge in [-0.3, -0.25) is 9.89 Å². The number of aromatic nitrogens is 1. The molecule has 2 rings (SSSR count). The number of rotatable bonds is 6. The van der Waals surface area contributed by atoms with Gasteiger partial charge in [0.05, 0.1) is 5.01 Å². The van der Waals surface area contributed by atoms with Gasteiger partial charge in [-0.2, -0.15) is 13.2 Å². The lowest BCUT2D eigenvalue weighted by molar-refractivity contribution is -0.140. The summed E-state index contributed by atoms with van der Waals surface area (Å²) in [5, 5.41) is 7.97. The van der Waals surface area contributed by atoms with E-state index in [4.69, 9.17) is 0 Å². The summed E-state index contributed by atoms with van der Waals surface area (Å²) in [5.74, 6) is 0.661. The Morgan fingerprint density at radius 1 is 1.41 bits per heavy atom. The van der Waals surface area contributed by atoms with Crippen LogP contribution in [0.25, 0.3) is 0 Å². The van der Waals surface area contributed by atoms with E-state index in [-0.39, 0.29) is 24.0 Å². The van der Waals surface area contributed by atoms with E-state index in [1.807, 2.05) is 0 Å². The van der Waals surface area contributed by atoms with E-state index >= 15 is 0 Å². The highest BCUT2D eigenvalue weighted by Crippen LogP contribution is 2.30. The molecule has 1 aliphatic rings. The topological polar surface area (TPSA) is 52.6 Å². The molecule has 1 aromatic heterocycles. The van der Waals surface area contributed by atoms with Gasteiger partial charge in [0.2, 0.25) is 0 Å². The number of aliphatic imine (C=N–C) groups is 1. The van der Waals surface area contributed by atoms with Crippen molar-refractivity contribution in [2.24, 2.45) is 4.99 Å². The summed E-state index contributed by atoms with van der Waals surface area (Å²) >= 11 is 1.03. The van der Waals surface area contributed by atoms with Crippen molar-refractivity contribution in [1.82, 2.24) is 20.5 Å². The molecule has 10 heteroatoms. The first-order valence-corrected chi connectivity index (χ1v) is 9.91. The van der Waals surface area contributed by atoms with Gasteiger partial charge in [-0.1, -0.05) is 6.42 Å². The number of nitrogens with one attached hydrogen (secondary N) is 2. The predicted molar refractivity (Wildman–Crippen MR) is 115 cm³/mol. The zero-order chi connectivity index (χ0) is 19.2. The van der Waals surface area contributed by atoms with Gasteiger partial charge >= 0.3 is 6.18 Å². The van der Waals surface area contributed by atoms with Crippen LogP contribution in [0, 0.1) is 0 Å². The smallest absolute Gasteiger partial charge is 0.356 e. The van der Waals surface area contributed by atoms with Crippen LogP contribution < -0.4 is 10.6 Å². The number of hydrogen-bond acceptors (Lipinski definition) is 4. The molecule has 1 aliphatic heterocycles. The number of nitrogens with zero attached hydrogens (tertiary/aromatic N) is 3. The highest BCUT2D eigenvalue weighted by atomic mass is 127. The summed E-state index contributed by atoms with van der Waals surface area (Å²) < 4.78 is 37.7. The predicted octanol–water partition coefficient (Wildman–Crippen LogP) is 3.75. The fourth-order valence-electron chi connectivity index (χ4n) is 3.20. The maximum atomic E-state index is 12.6. The number of alkyl halides is 3. The normalized spacial score (nSPS) is 20.1. The quantitative estimate of drug-likeness (QED) is 0.342. The molecule has 0 bridgehead atoms. The average molecular weight is 519 g/mol. The number of guanidine groups is 1. The Morgan fingerprint density at radius 2 is 2.15 bits per heavy atom. The summed E-state index contributed by atoms with van der Waals surface area (Å²) in [5.41, 5.74) is -0.815. The standard InChI is InChI=1S/C17H28F3N5S.HI/c1-12-6-4-5-9-25(12)13(2)10-23-16(21-3)22-8-7-15-24-14(11-26-15)17(18,19)20;/h11-13H,4-10H2,1-3H3,(H2,21,22,23);1H. The maximum Gasteiger partial charge on any atom is 0.434 e. The third kappa shape index (κ3) is 7.72. The molecule has 1 fully saturated rings. The van der Waals surface area contributed by atoms with Crippen LogP contribution in [-0.2, 0) is 12.6 Å². The van der Waals surface area contributed by atoms with Crippen molar-refractivity contribution >= 4 is 41.3 Å². The van der Waals surface area contributed by atoms with E-state index in [1.165, 1.54) is 19.3 Å². The minimum Gasteiger partial charge on any atom is -0.356 e. The molecule has 2 heterocycles. The Morgan fingerprint density at radius 3 is 2.74 bits per heavy atom. The molecule has 0 saturated carbocycles. The van der Waals surface area contributed by atoms with Gasteiger partial charge in [-0.05, 0) is 33.2 Å². The molecule has 5 nitrogen and oxygen atoms in total. The lowest BCUT2D eigenvalue weighted by Crippen LogP contribution is -2.50.